The van der Waals surface area contributed by atoms with Gasteiger partial charge in [0.15, 0.2) is 0 Å². The van der Waals surface area contributed by atoms with E-state index in [1.54, 1.807) is 13.3 Å². The zero-order valence-electron chi connectivity index (χ0n) is 11.2. The van der Waals surface area contributed by atoms with Gasteiger partial charge in [0.05, 0.1) is 18.9 Å². The molecule has 0 aliphatic carbocycles. The maximum absolute atomic E-state index is 5.76. The predicted octanol–water partition coefficient (Wildman–Crippen LogP) is 2.85. The first-order valence-corrected chi connectivity index (χ1v) is 6.70. The van der Waals surface area contributed by atoms with Crippen LogP contribution >= 0.6 is 0 Å². The molecule has 0 saturated carbocycles. The van der Waals surface area contributed by atoms with Crippen molar-refractivity contribution in [2.75, 3.05) is 19.0 Å². The normalized spacial score (nSPS) is 23.7. The molecule has 4 nitrogen and oxygen atoms in total. The molecule has 0 spiro atoms. The average molecular weight is 250 g/mol. The van der Waals surface area contributed by atoms with Crippen molar-refractivity contribution in [2.45, 2.75) is 44.8 Å². The topological polar surface area (TPSA) is 43.4 Å². The number of methoxy groups -OCH3 is 1. The number of nitrogens with one attached hydrogen (secondary N) is 1. The average Bonchev–Trinajstić information content (AvgIpc) is 2.40. The van der Waals surface area contributed by atoms with Crippen molar-refractivity contribution in [3.63, 3.8) is 0 Å². The smallest absolute Gasteiger partial charge is 0.237 e. The van der Waals surface area contributed by atoms with Gasteiger partial charge < -0.3 is 14.8 Å². The molecule has 0 aromatic carbocycles. The van der Waals surface area contributed by atoms with E-state index in [0.29, 0.717) is 18.0 Å². The zero-order valence-corrected chi connectivity index (χ0v) is 11.2. The van der Waals surface area contributed by atoms with Gasteiger partial charge in [-0.1, -0.05) is 13.3 Å². The first-order chi connectivity index (χ1) is 8.83. The summed E-state index contributed by atoms with van der Waals surface area (Å²) in [4.78, 5) is 4.20. The van der Waals surface area contributed by atoms with Gasteiger partial charge in [0.2, 0.25) is 5.88 Å². The summed E-state index contributed by atoms with van der Waals surface area (Å²) in [5, 5.41) is 3.52. The monoisotopic (exact) mass is 250 g/mol. The Hall–Kier alpha value is -1.29. The fourth-order valence-corrected chi connectivity index (χ4v) is 2.42. The van der Waals surface area contributed by atoms with Crippen molar-refractivity contribution in [1.82, 2.24) is 4.98 Å². The lowest BCUT2D eigenvalue weighted by molar-refractivity contribution is 0.00594. The second kappa shape index (κ2) is 6.59. The molecule has 1 saturated heterocycles. The number of rotatable bonds is 5. The van der Waals surface area contributed by atoms with E-state index in [1.165, 1.54) is 6.42 Å². The lowest BCUT2D eigenvalue weighted by Gasteiger charge is -2.30. The Balaban J connectivity index is 1.96. The minimum absolute atomic E-state index is 0.393. The highest BCUT2D eigenvalue weighted by Crippen LogP contribution is 2.25. The van der Waals surface area contributed by atoms with E-state index in [1.807, 2.05) is 12.1 Å². The van der Waals surface area contributed by atoms with Gasteiger partial charge in [0.1, 0.15) is 0 Å². The molecule has 0 bridgehead atoms. The predicted molar refractivity (Wildman–Crippen MR) is 72.1 cm³/mol. The van der Waals surface area contributed by atoms with Crippen LogP contribution in [-0.2, 0) is 4.74 Å². The van der Waals surface area contributed by atoms with Crippen LogP contribution < -0.4 is 10.1 Å². The Kier molecular flexibility index (Phi) is 4.81. The number of ether oxygens (including phenoxy) is 2. The summed E-state index contributed by atoms with van der Waals surface area (Å²) in [6.07, 6.45) is 6.55. The van der Waals surface area contributed by atoms with Crippen LogP contribution in [0.4, 0.5) is 5.69 Å². The van der Waals surface area contributed by atoms with E-state index in [4.69, 9.17) is 9.47 Å². The van der Waals surface area contributed by atoms with Crippen molar-refractivity contribution < 1.29 is 9.47 Å². The zero-order chi connectivity index (χ0) is 12.8. The van der Waals surface area contributed by atoms with E-state index >= 15 is 0 Å². The van der Waals surface area contributed by atoms with Crippen LogP contribution in [0.3, 0.4) is 0 Å². The molecule has 100 valence electrons. The van der Waals surface area contributed by atoms with Crippen LogP contribution in [0.25, 0.3) is 0 Å². The Morgan fingerprint density at radius 1 is 1.56 bits per heavy atom. The SMILES string of the molecule is CCCC1CC(Nc2cccnc2OC)CCO1. The van der Waals surface area contributed by atoms with Gasteiger partial charge in [-0.3, -0.25) is 0 Å². The van der Waals surface area contributed by atoms with Gasteiger partial charge in [0, 0.05) is 18.8 Å². The Morgan fingerprint density at radius 2 is 2.44 bits per heavy atom. The molecule has 1 fully saturated rings. The summed E-state index contributed by atoms with van der Waals surface area (Å²) >= 11 is 0. The molecule has 1 aromatic heterocycles. The Bertz CT molecular complexity index is 369. The van der Waals surface area contributed by atoms with Crippen LogP contribution in [0, 0.1) is 0 Å². The molecule has 1 aliphatic heterocycles. The minimum Gasteiger partial charge on any atom is -0.480 e. The van der Waals surface area contributed by atoms with Crippen LogP contribution in [0.15, 0.2) is 18.3 Å². The highest BCUT2D eigenvalue weighted by atomic mass is 16.5. The van der Waals surface area contributed by atoms with E-state index in [0.717, 1.165) is 31.6 Å². The molecule has 2 heterocycles. The number of hydrogen-bond donors (Lipinski definition) is 1. The summed E-state index contributed by atoms with van der Waals surface area (Å²) < 4.78 is 11.0. The quantitative estimate of drug-likeness (QED) is 0.872. The molecule has 2 unspecified atom stereocenters. The molecule has 0 amide bonds. The van der Waals surface area contributed by atoms with E-state index in [2.05, 4.69) is 17.2 Å². The minimum atomic E-state index is 0.393. The van der Waals surface area contributed by atoms with Gasteiger partial charge in [-0.05, 0) is 31.4 Å². The fourth-order valence-electron chi connectivity index (χ4n) is 2.42. The molecule has 1 aliphatic rings. The van der Waals surface area contributed by atoms with Crippen LogP contribution in [0.2, 0.25) is 0 Å². The molecule has 1 N–H and O–H groups in total. The number of nitrogens with zero attached hydrogens (tertiary/aromatic N) is 1. The number of aromatic nitrogens is 1. The van der Waals surface area contributed by atoms with Crippen molar-refractivity contribution in [3.05, 3.63) is 18.3 Å². The van der Waals surface area contributed by atoms with Crippen molar-refractivity contribution in [1.29, 1.82) is 0 Å². The third-order valence-corrected chi connectivity index (χ3v) is 3.30. The molecule has 2 atom stereocenters. The van der Waals surface area contributed by atoms with Gasteiger partial charge in [-0.15, -0.1) is 0 Å². The second-order valence-corrected chi connectivity index (χ2v) is 4.71. The molecular weight excluding hydrogens is 228 g/mol. The number of hydrogen-bond acceptors (Lipinski definition) is 4. The molecule has 1 aromatic rings. The largest absolute Gasteiger partial charge is 0.480 e. The van der Waals surface area contributed by atoms with Gasteiger partial charge in [-0.2, -0.15) is 0 Å². The summed E-state index contributed by atoms with van der Waals surface area (Å²) in [5.74, 6) is 0.663. The van der Waals surface area contributed by atoms with Crippen LogP contribution in [0.1, 0.15) is 32.6 Å². The van der Waals surface area contributed by atoms with Crippen molar-refractivity contribution in [3.8, 4) is 5.88 Å². The van der Waals surface area contributed by atoms with E-state index in [9.17, 15) is 0 Å². The Morgan fingerprint density at radius 3 is 3.22 bits per heavy atom. The van der Waals surface area contributed by atoms with Crippen molar-refractivity contribution in [2.24, 2.45) is 0 Å². The molecule has 2 rings (SSSR count). The second-order valence-electron chi connectivity index (χ2n) is 4.71. The lowest BCUT2D eigenvalue weighted by atomic mass is 10.00. The third kappa shape index (κ3) is 3.35. The summed E-state index contributed by atoms with van der Waals surface area (Å²) in [6, 6.07) is 4.39. The summed E-state index contributed by atoms with van der Waals surface area (Å²) in [6.45, 7) is 3.04. The maximum atomic E-state index is 5.76. The first-order valence-electron chi connectivity index (χ1n) is 6.70. The van der Waals surface area contributed by atoms with Crippen LogP contribution in [-0.4, -0.2) is 30.8 Å². The van der Waals surface area contributed by atoms with Crippen LogP contribution in [0.5, 0.6) is 5.88 Å². The molecule has 4 heteroatoms. The fraction of sp³-hybridized carbons (Fsp3) is 0.643. The highest BCUT2D eigenvalue weighted by Gasteiger charge is 2.22. The number of pyridine rings is 1. The number of anilines is 1. The maximum Gasteiger partial charge on any atom is 0.237 e. The first kappa shape index (κ1) is 13.1. The van der Waals surface area contributed by atoms with Gasteiger partial charge >= 0.3 is 0 Å². The van der Waals surface area contributed by atoms with E-state index < -0.39 is 0 Å². The van der Waals surface area contributed by atoms with Gasteiger partial charge in [0.25, 0.3) is 0 Å². The van der Waals surface area contributed by atoms with E-state index in [-0.39, 0.29) is 0 Å². The summed E-state index contributed by atoms with van der Waals surface area (Å²) in [7, 11) is 1.65. The summed E-state index contributed by atoms with van der Waals surface area (Å²) in [5.41, 5.74) is 0.974. The molecule has 18 heavy (non-hydrogen) atoms. The molecular formula is C14H22N2O2. The molecule has 0 radical (unpaired) electrons. The highest BCUT2D eigenvalue weighted by molar-refractivity contribution is 5.52. The Labute approximate surface area is 109 Å². The standard InChI is InChI=1S/C14H22N2O2/c1-3-5-12-10-11(7-9-18-12)16-13-6-4-8-15-14(13)17-2/h4,6,8,11-12,16H,3,5,7,9-10H2,1-2H3. The third-order valence-electron chi connectivity index (χ3n) is 3.30. The van der Waals surface area contributed by atoms with Gasteiger partial charge in [-0.25, -0.2) is 4.98 Å². The van der Waals surface area contributed by atoms with Crippen molar-refractivity contribution >= 4 is 5.69 Å². The lowest BCUT2D eigenvalue weighted by Crippen LogP contribution is -2.34.